The van der Waals surface area contributed by atoms with Gasteiger partial charge in [0.05, 0.1) is 6.61 Å². The van der Waals surface area contributed by atoms with Crippen LogP contribution in [0.25, 0.3) is 0 Å². The Kier molecular flexibility index (Phi) is 4.96. The molecular weight excluding hydrogens is 268 g/mol. The first-order valence-electron chi connectivity index (χ1n) is 7.35. The molecule has 0 saturated heterocycles. The lowest BCUT2D eigenvalue weighted by Gasteiger charge is -2.22. The molecule has 2 amide bonds. The van der Waals surface area contributed by atoms with Crippen LogP contribution in [0.15, 0.2) is 24.3 Å². The van der Waals surface area contributed by atoms with Crippen LogP contribution in [0, 0.1) is 0 Å². The van der Waals surface area contributed by atoms with Crippen molar-refractivity contribution < 1.29 is 14.7 Å². The summed E-state index contributed by atoms with van der Waals surface area (Å²) in [6, 6.07) is 7.05. The Labute approximate surface area is 125 Å². The second-order valence-electron chi connectivity index (χ2n) is 5.35. The topological polar surface area (TPSA) is 60.9 Å². The number of benzene rings is 1. The molecule has 0 atom stereocenters. The van der Waals surface area contributed by atoms with Crippen LogP contribution in [0.2, 0.25) is 0 Å². The fraction of sp³-hybridized carbons (Fsp3) is 0.500. The average molecular weight is 290 g/mol. The third-order valence-corrected chi connectivity index (χ3v) is 3.77. The lowest BCUT2D eigenvalue weighted by Crippen LogP contribution is -2.35. The van der Waals surface area contributed by atoms with Crippen LogP contribution in [0.4, 0.5) is 0 Å². The summed E-state index contributed by atoms with van der Waals surface area (Å²) in [5.41, 5.74) is 1.02. The Balaban J connectivity index is 2.19. The van der Waals surface area contributed by atoms with Crippen molar-refractivity contribution in [2.75, 3.05) is 26.7 Å². The molecule has 0 unspecified atom stereocenters. The highest BCUT2D eigenvalue weighted by atomic mass is 16.3. The zero-order valence-electron chi connectivity index (χ0n) is 12.6. The Bertz CT molecular complexity index is 526. The van der Waals surface area contributed by atoms with Crippen LogP contribution >= 0.6 is 0 Å². The van der Waals surface area contributed by atoms with E-state index in [9.17, 15) is 9.59 Å². The molecule has 1 aliphatic rings. The van der Waals surface area contributed by atoms with Crippen molar-refractivity contribution >= 4 is 11.8 Å². The summed E-state index contributed by atoms with van der Waals surface area (Å²) in [6.07, 6.45) is 1.98. The van der Waals surface area contributed by atoms with Crippen molar-refractivity contribution in [1.29, 1.82) is 0 Å². The summed E-state index contributed by atoms with van der Waals surface area (Å²) in [5, 5.41) is 9.10. The van der Waals surface area contributed by atoms with Crippen molar-refractivity contribution in [1.82, 2.24) is 9.80 Å². The normalized spacial score (nSPS) is 13.9. The molecular formula is C16H22N2O3. The standard InChI is InChI=1S/C16H22N2O3/c1-3-17(2)15(20)12-5-4-6-13(11-12)16(21)18(9-10-19)14-7-8-14/h4-6,11,14,19H,3,7-10H2,1-2H3. The van der Waals surface area contributed by atoms with Gasteiger partial charge in [0.15, 0.2) is 0 Å². The number of carbonyl (C=O) groups excluding carboxylic acids is 2. The zero-order chi connectivity index (χ0) is 15.4. The Morgan fingerprint density at radius 3 is 2.38 bits per heavy atom. The van der Waals surface area contributed by atoms with E-state index in [1.54, 1.807) is 41.1 Å². The molecule has 0 aromatic heterocycles. The summed E-state index contributed by atoms with van der Waals surface area (Å²) in [4.78, 5) is 28.0. The van der Waals surface area contributed by atoms with Gasteiger partial charge in [-0.25, -0.2) is 0 Å². The first-order valence-corrected chi connectivity index (χ1v) is 7.35. The molecule has 0 radical (unpaired) electrons. The van der Waals surface area contributed by atoms with E-state index in [2.05, 4.69) is 0 Å². The maximum atomic E-state index is 12.5. The molecule has 21 heavy (non-hydrogen) atoms. The molecule has 5 heteroatoms. The van der Waals surface area contributed by atoms with E-state index in [1.807, 2.05) is 6.92 Å². The van der Waals surface area contributed by atoms with Crippen molar-refractivity contribution in [3.8, 4) is 0 Å². The Morgan fingerprint density at radius 2 is 1.86 bits per heavy atom. The molecule has 1 fully saturated rings. The Morgan fingerprint density at radius 1 is 1.24 bits per heavy atom. The quantitative estimate of drug-likeness (QED) is 0.861. The number of nitrogens with zero attached hydrogens (tertiary/aromatic N) is 2. The van der Waals surface area contributed by atoms with Gasteiger partial charge in [-0.3, -0.25) is 9.59 Å². The fourth-order valence-corrected chi connectivity index (χ4v) is 2.26. The highest BCUT2D eigenvalue weighted by molar-refractivity contribution is 5.99. The van der Waals surface area contributed by atoms with Gasteiger partial charge in [-0.1, -0.05) is 6.07 Å². The van der Waals surface area contributed by atoms with E-state index >= 15 is 0 Å². The van der Waals surface area contributed by atoms with E-state index in [1.165, 1.54) is 0 Å². The lowest BCUT2D eigenvalue weighted by atomic mass is 10.1. The summed E-state index contributed by atoms with van der Waals surface area (Å²) < 4.78 is 0. The van der Waals surface area contributed by atoms with Crippen molar-refractivity contribution in [3.05, 3.63) is 35.4 Å². The van der Waals surface area contributed by atoms with E-state index in [-0.39, 0.29) is 24.5 Å². The molecule has 1 aromatic rings. The number of carbonyl (C=O) groups is 2. The summed E-state index contributed by atoms with van der Waals surface area (Å²) in [5.74, 6) is -0.201. The monoisotopic (exact) mass is 290 g/mol. The molecule has 1 aromatic carbocycles. The molecule has 1 aliphatic carbocycles. The number of rotatable bonds is 6. The summed E-state index contributed by atoms with van der Waals surface area (Å²) in [6.45, 7) is 2.83. The maximum Gasteiger partial charge on any atom is 0.254 e. The number of amides is 2. The second-order valence-corrected chi connectivity index (χ2v) is 5.35. The van der Waals surface area contributed by atoms with E-state index in [4.69, 9.17) is 5.11 Å². The van der Waals surface area contributed by atoms with Crippen molar-refractivity contribution in [3.63, 3.8) is 0 Å². The smallest absolute Gasteiger partial charge is 0.254 e. The third-order valence-electron chi connectivity index (χ3n) is 3.77. The highest BCUT2D eigenvalue weighted by Gasteiger charge is 2.32. The van der Waals surface area contributed by atoms with Gasteiger partial charge in [0.1, 0.15) is 0 Å². The largest absolute Gasteiger partial charge is 0.395 e. The lowest BCUT2D eigenvalue weighted by molar-refractivity contribution is 0.0707. The van der Waals surface area contributed by atoms with Crippen LogP contribution in [0.1, 0.15) is 40.5 Å². The van der Waals surface area contributed by atoms with Gasteiger partial charge in [0.25, 0.3) is 11.8 Å². The molecule has 0 bridgehead atoms. The third kappa shape index (κ3) is 3.61. The van der Waals surface area contributed by atoms with E-state index in [0.717, 1.165) is 12.8 Å². The van der Waals surface area contributed by atoms with E-state index < -0.39 is 0 Å². The first kappa shape index (κ1) is 15.5. The minimum atomic E-state index is -0.111. The van der Waals surface area contributed by atoms with Crippen LogP contribution in [0.3, 0.4) is 0 Å². The summed E-state index contributed by atoms with van der Waals surface area (Å²) >= 11 is 0. The molecule has 114 valence electrons. The van der Waals surface area contributed by atoms with Crippen molar-refractivity contribution in [2.24, 2.45) is 0 Å². The predicted octanol–water partition coefficient (Wildman–Crippen LogP) is 1.38. The van der Waals surface area contributed by atoms with Gasteiger partial charge in [0.2, 0.25) is 0 Å². The van der Waals surface area contributed by atoms with Crippen LogP contribution in [-0.2, 0) is 0 Å². The van der Waals surface area contributed by atoms with Gasteiger partial charge < -0.3 is 14.9 Å². The molecule has 0 aliphatic heterocycles. The van der Waals surface area contributed by atoms with Crippen LogP contribution in [-0.4, -0.2) is 59.5 Å². The predicted molar refractivity (Wildman–Crippen MR) is 80.2 cm³/mol. The van der Waals surface area contributed by atoms with E-state index in [0.29, 0.717) is 24.2 Å². The first-order chi connectivity index (χ1) is 10.1. The highest BCUT2D eigenvalue weighted by Crippen LogP contribution is 2.28. The minimum absolute atomic E-state index is 0.0422. The zero-order valence-corrected chi connectivity index (χ0v) is 12.6. The average Bonchev–Trinajstić information content (AvgIpc) is 3.35. The summed E-state index contributed by atoms with van der Waals surface area (Å²) in [7, 11) is 1.74. The van der Waals surface area contributed by atoms with Crippen molar-refractivity contribution in [2.45, 2.75) is 25.8 Å². The molecule has 1 N–H and O–H groups in total. The number of aliphatic hydroxyl groups is 1. The Hall–Kier alpha value is -1.88. The molecule has 2 rings (SSSR count). The number of hydrogen-bond donors (Lipinski definition) is 1. The minimum Gasteiger partial charge on any atom is -0.395 e. The second kappa shape index (κ2) is 6.72. The van der Waals surface area contributed by atoms with Gasteiger partial charge in [-0.2, -0.15) is 0 Å². The number of hydrogen-bond acceptors (Lipinski definition) is 3. The molecule has 0 spiro atoms. The molecule has 0 heterocycles. The van der Waals surface area contributed by atoms with Gasteiger partial charge >= 0.3 is 0 Å². The van der Waals surface area contributed by atoms with Crippen LogP contribution < -0.4 is 0 Å². The molecule has 5 nitrogen and oxygen atoms in total. The SMILES string of the molecule is CCN(C)C(=O)c1cccc(C(=O)N(CCO)C2CC2)c1. The maximum absolute atomic E-state index is 12.5. The van der Waals surface area contributed by atoms with Gasteiger partial charge in [-0.15, -0.1) is 0 Å². The van der Waals surface area contributed by atoms with Gasteiger partial charge in [-0.05, 0) is 38.0 Å². The fourth-order valence-electron chi connectivity index (χ4n) is 2.26. The molecule has 1 saturated carbocycles. The van der Waals surface area contributed by atoms with Gasteiger partial charge in [0, 0.05) is 37.3 Å². The van der Waals surface area contributed by atoms with Crippen LogP contribution in [0.5, 0.6) is 0 Å². The number of aliphatic hydroxyl groups excluding tert-OH is 1.